The van der Waals surface area contributed by atoms with Gasteiger partial charge in [-0.3, -0.25) is 0 Å². The summed E-state index contributed by atoms with van der Waals surface area (Å²) in [4.78, 5) is 22.5. The van der Waals surface area contributed by atoms with Crippen molar-refractivity contribution in [1.29, 1.82) is 0 Å². The Balaban J connectivity index is 6.09. The molecule has 0 saturated heterocycles. The fraction of sp³-hybridized carbons (Fsp3) is 0.600. The van der Waals surface area contributed by atoms with Crippen LogP contribution in [0.15, 0.2) is 10.4 Å². The van der Waals surface area contributed by atoms with Crippen molar-refractivity contribution in [3.8, 4) is 0 Å². The number of rotatable bonds is 4. The fourth-order valence-corrected chi connectivity index (χ4v) is 6.85. The molecule has 0 saturated carbocycles. The van der Waals surface area contributed by atoms with Crippen LogP contribution in [0.3, 0.4) is 0 Å². The van der Waals surface area contributed by atoms with Crippen LogP contribution in [0, 0.1) is 0 Å². The van der Waals surface area contributed by atoms with Crippen LogP contribution in [-0.4, -0.2) is 38.3 Å². The number of carboxylic acids is 2. The summed E-state index contributed by atoms with van der Waals surface area (Å²) in [6.45, 7) is 11.2. The molecule has 0 radical (unpaired) electrons. The number of hydrogen-bond donors (Lipinski definition) is 2. The summed E-state index contributed by atoms with van der Waals surface area (Å²) in [5.74, 6) is -2.14. The number of hydrogen-bond acceptors (Lipinski definition) is 2. The predicted molar refractivity (Wildman–Crippen MR) is 69.0 cm³/mol. The van der Waals surface area contributed by atoms with Gasteiger partial charge in [0.15, 0.2) is 0 Å². The zero-order valence-corrected chi connectivity index (χ0v) is 12.7. The molecule has 0 spiro atoms. The second kappa shape index (κ2) is 4.54. The van der Waals surface area contributed by atoms with Gasteiger partial charge in [-0.1, -0.05) is 39.3 Å². The van der Waals surface area contributed by atoms with Crippen LogP contribution >= 0.6 is 0 Å². The van der Waals surface area contributed by atoms with Crippen molar-refractivity contribution in [2.45, 2.75) is 39.3 Å². The lowest BCUT2D eigenvalue weighted by molar-refractivity contribution is -0.135. The highest BCUT2D eigenvalue weighted by atomic mass is 28.3. The van der Waals surface area contributed by atoms with Gasteiger partial charge in [-0.05, 0) is 0 Å². The first-order valence-electron chi connectivity index (χ1n) is 5.11. The molecule has 92 valence electrons. The molecule has 0 fully saturated rings. The van der Waals surface area contributed by atoms with E-state index in [0.29, 0.717) is 0 Å². The Kier molecular flexibility index (Phi) is 4.29. The van der Waals surface area contributed by atoms with E-state index in [-0.39, 0.29) is 10.4 Å². The molecular weight excluding hydrogens is 240 g/mol. The highest BCUT2D eigenvalue weighted by molar-refractivity contribution is 6.94. The largest absolute Gasteiger partial charge is 0.478 e. The number of carbonyl (C=O) groups is 2. The van der Waals surface area contributed by atoms with Crippen LogP contribution in [-0.2, 0) is 9.59 Å². The lowest BCUT2D eigenvalue weighted by atomic mass is 10.5. The van der Waals surface area contributed by atoms with Crippen LogP contribution in [0.5, 0.6) is 0 Å². The quantitative estimate of drug-likeness (QED) is 0.600. The summed E-state index contributed by atoms with van der Waals surface area (Å²) < 4.78 is 0. The van der Waals surface area contributed by atoms with Crippen LogP contribution < -0.4 is 0 Å². The molecule has 0 aromatic carbocycles. The van der Waals surface area contributed by atoms with Crippen molar-refractivity contribution < 1.29 is 19.8 Å². The molecule has 0 aliphatic rings. The van der Waals surface area contributed by atoms with Crippen LogP contribution in [0.2, 0.25) is 39.3 Å². The van der Waals surface area contributed by atoms with Gasteiger partial charge in [-0.2, -0.15) is 0 Å². The fourth-order valence-electron chi connectivity index (χ4n) is 1.61. The Hall–Kier alpha value is -0.886. The van der Waals surface area contributed by atoms with Crippen LogP contribution in [0.25, 0.3) is 0 Å². The lowest BCUT2D eigenvalue weighted by Gasteiger charge is -2.26. The standard InChI is InChI=1S/C10H20O4Si2/c1-15(2,3)7(9(11)12)8(10(13)14)16(4,5)6/h1-6H3,(H,11,12)(H,13,14)/b8-7-. The van der Waals surface area contributed by atoms with Crippen molar-refractivity contribution >= 4 is 28.1 Å². The molecule has 0 heterocycles. The smallest absolute Gasteiger partial charge is 0.327 e. The molecule has 0 aliphatic carbocycles. The maximum Gasteiger partial charge on any atom is 0.327 e. The lowest BCUT2D eigenvalue weighted by Crippen LogP contribution is -2.40. The Morgan fingerprint density at radius 1 is 0.688 bits per heavy atom. The minimum absolute atomic E-state index is 0.166. The summed E-state index contributed by atoms with van der Waals surface area (Å²) in [7, 11) is -4.30. The average molecular weight is 260 g/mol. The summed E-state index contributed by atoms with van der Waals surface area (Å²) in [6.07, 6.45) is 0. The zero-order chi connectivity index (χ0) is 13.3. The van der Waals surface area contributed by atoms with Gasteiger partial charge >= 0.3 is 11.9 Å². The summed E-state index contributed by atoms with van der Waals surface area (Å²) >= 11 is 0. The molecule has 0 rings (SSSR count). The Morgan fingerprint density at radius 2 is 0.875 bits per heavy atom. The second-order valence-corrected chi connectivity index (χ2v) is 15.9. The maximum atomic E-state index is 11.3. The molecule has 0 atom stereocenters. The molecule has 0 aromatic rings. The molecule has 2 N–H and O–H groups in total. The van der Waals surface area contributed by atoms with Gasteiger partial charge in [-0.15, -0.1) is 0 Å². The van der Waals surface area contributed by atoms with E-state index in [0.717, 1.165) is 0 Å². The molecule has 0 amide bonds. The summed E-state index contributed by atoms with van der Waals surface area (Å²) in [5, 5.41) is 18.8. The highest BCUT2D eigenvalue weighted by Gasteiger charge is 2.37. The minimum Gasteiger partial charge on any atom is -0.478 e. The molecule has 0 aliphatic heterocycles. The van der Waals surface area contributed by atoms with Gasteiger partial charge in [0.2, 0.25) is 0 Å². The maximum absolute atomic E-state index is 11.3. The summed E-state index contributed by atoms with van der Waals surface area (Å²) in [5.41, 5.74) is 0. The van der Waals surface area contributed by atoms with E-state index in [4.69, 9.17) is 0 Å². The molecule has 0 unspecified atom stereocenters. The van der Waals surface area contributed by atoms with Gasteiger partial charge in [-0.25, -0.2) is 9.59 Å². The van der Waals surface area contributed by atoms with Crippen molar-refractivity contribution in [3.63, 3.8) is 0 Å². The topological polar surface area (TPSA) is 74.6 Å². The third-order valence-electron chi connectivity index (χ3n) is 2.18. The Labute approximate surface area is 98.0 Å². The van der Waals surface area contributed by atoms with Gasteiger partial charge < -0.3 is 10.2 Å². The van der Waals surface area contributed by atoms with Crippen LogP contribution in [0.1, 0.15) is 0 Å². The first kappa shape index (κ1) is 15.1. The second-order valence-electron chi connectivity index (χ2n) is 5.86. The molecule has 4 nitrogen and oxygen atoms in total. The van der Waals surface area contributed by atoms with E-state index in [1.54, 1.807) is 0 Å². The Bertz CT molecular complexity index is 311. The molecular formula is C10H20O4Si2. The van der Waals surface area contributed by atoms with Gasteiger partial charge in [0.1, 0.15) is 0 Å². The van der Waals surface area contributed by atoms with Gasteiger partial charge in [0.05, 0.1) is 16.1 Å². The Morgan fingerprint density at radius 3 is 0.938 bits per heavy atom. The first-order valence-corrected chi connectivity index (χ1v) is 12.1. The van der Waals surface area contributed by atoms with Crippen molar-refractivity contribution in [2.24, 2.45) is 0 Å². The van der Waals surface area contributed by atoms with Crippen molar-refractivity contribution in [2.75, 3.05) is 0 Å². The molecule has 0 bridgehead atoms. The van der Waals surface area contributed by atoms with E-state index >= 15 is 0 Å². The monoisotopic (exact) mass is 260 g/mol. The zero-order valence-electron chi connectivity index (χ0n) is 10.7. The first-order chi connectivity index (χ1) is 6.89. The van der Waals surface area contributed by atoms with E-state index in [1.165, 1.54) is 0 Å². The SMILES string of the molecule is C[Si](C)(C)/C(C(=O)O)=C(/C(=O)O)[Si](C)(C)C. The van der Waals surface area contributed by atoms with Crippen LogP contribution in [0.4, 0.5) is 0 Å². The third kappa shape index (κ3) is 3.60. The predicted octanol–water partition coefficient (Wildman–Crippen LogP) is 2.21. The molecule has 0 aromatic heterocycles. The van der Waals surface area contributed by atoms with E-state index < -0.39 is 28.1 Å². The van der Waals surface area contributed by atoms with Crippen molar-refractivity contribution in [3.05, 3.63) is 10.4 Å². The molecule has 16 heavy (non-hydrogen) atoms. The molecule has 6 heteroatoms. The van der Waals surface area contributed by atoms with E-state index in [1.807, 2.05) is 39.3 Å². The van der Waals surface area contributed by atoms with Crippen molar-refractivity contribution in [1.82, 2.24) is 0 Å². The van der Waals surface area contributed by atoms with E-state index in [9.17, 15) is 19.8 Å². The van der Waals surface area contributed by atoms with Gasteiger partial charge in [0.25, 0.3) is 0 Å². The van der Waals surface area contributed by atoms with Gasteiger partial charge in [0, 0.05) is 10.4 Å². The normalized spacial score (nSPS) is 14.4. The third-order valence-corrected chi connectivity index (χ3v) is 6.36. The van der Waals surface area contributed by atoms with E-state index in [2.05, 4.69) is 0 Å². The number of aliphatic carboxylic acids is 2. The minimum atomic E-state index is -2.15. The summed E-state index contributed by atoms with van der Waals surface area (Å²) in [6, 6.07) is 0. The average Bonchev–Trinajstić information content (AvgIpc) is 1.92. The highest BCUT2D eigenvalue weighted by Crippen LogP contribution is 2.26. The number of carboxylic acid groups (broad SMARTS) is 2.